The Kier molecular flexibility index (Phi) is 7.31. The first-order valence-electron chi connectivity index (χ1n) is 10.6. The molecular formula is C21H29N5O4S. The normalized spacial score (nSPS) is 18.9. The fourth-order valence-corrected chi connectivity index (χ4v) is 4.52. The van der Waals surface area contributed by atoms with Gasteiger partial charge in [0.1, 0.15) is 5.75 Å². The lowest BCUT2D eigenvalue weighted by molar-refractivity contribution is -0.113. The van der Waals surface area contributed by atoms with Crippen molar-refractivity contribution in [3.63, 3.8) is 0 Å². The molecule has 0 spiro atoms. The Bertz CT molecular complexity index is 894. The van der Waals surface area contributed by atoms with Crippen molar-refractivity contribution in [1.29, 1.82) is 0 Å². The lowest BCUT2D eigenvalue weighted by Gasteiger charge is -2.28. The summed E-state index contributed by atoms with van der Waals surface area (Å²) in [5, 5.41) is 12.5. The van der Waals surface area contributed by atoms with E-state index < -0.39 is 0 Å². The average Bonchev–Trinajstić information content (AvgIpc) is 3.43. The van der Waals surface area contributed by atoms with Crippen molar-refractivity contribution < 1.29 is 19.0 Å². The number of nitrogens with one attached hydrogen (secondary N) is 1. The average molecular weight is 448 g/mol. The summed E-state index contributed by atoms with van der Waals surface area (Å²) >= 11 is 1.38. The number of aryl methyl sites for hydroxylation is 1. The first kappa shape index (κ1) is 21.9. The standard InChI is InChI=1S/C21H29N5O4S/c1-15-5-6-18(28-2)17(12-15)22-19(27)14-31-21-24-23-20(25-7-10-29-11-8-25)26(21)13-16-4-3-9-30-16/h5-6,12,16H,3-4,7-11,13-14H2,1-2H3,(H,22,27). The second-order valence-electron chi connectivity index (χ2n) is 7.67. The van der Waals surface area contributed by atoms with Crippen molar-refractivity contribution in [3.05, 3.63) is 23.8 Å². The molecule has 2 fully saturated rings. The van der Waals surface area contributed by atoms with Crippen molar-refractivity contribution >= 4 is 29.3 Å². The van der Waals surface area contributed by atoms with Crippen LogP contribution in [-0.4, -0.2) is 72.5 Å². The number of carbonyl (C=O) groups is 1. The van der Waals surface area contributed by atoms with Crippen LogP contribution in [0.1, 0.15) is 18.4 Å². The Labute approximate surface area is 186 Å². The van der Waals surface area contributed by atoms with E-state index in [9.17, 15) is 4.79 Å². The minimum absolute atomic E-state index is 0.117. The summed E-state index contributed by atoms with van der Waals surface area (Å²) in [4.78, 5) is 14.8. The molecule has 1 aromatic carbocycles. The first-order valence-corrected chi connectivity index (χ1v) is 11.6. The summed E-state index contributed by atoms with van der Waals surface area (Å²) in [6.45, 7) is 6.37. The highest BCUT2D eigenvalue weighted by Gasteiger charge is 2.25. The van der Waals surface area contributed by atoms with Crippen molar-refractivity contribution in [2.75, 3.05) is 56.0 Å². The molecule has 1 amide bonds. The number of methoxy groups -OCH3 is 1. The molecule has 1 N–H and O–H groups in total. The van der Waals surface area contributed by atoms with E-state index in [-0.39, 0.29) is 17.8 Å². The Hall–Kier alpha value is -2.30. The first-order chi connectivity index (χ1) is 15.1. The van der Waals surface area contributed by atoms with Crippen LogP contribution in [0, 0.1) is 6.92 Å². The molecule has 3 heterocycles. The summed E-state index contributed by atoms with van der Waals surface area (Å²) in [5.41, 5.74) is 1.72. The minimum atomic E-state index is -0.117. The number of benzene rings is 1. The molecule has 2 aliphatic rings. The number of aromatic nitrogens is 3. The molecule has 31 heavy (non-hydrogen) atoms. The predicted molar refractivity (Wildman–Crippen MR) is 119 cm³/mol. The third kappa shape index (κ3) is 5.50. The van der Waals surface area contributed by atoms with Crippen LogP contribution in [0.2, 0.25) is 0 Å². The van der Waals surface area contributed by atoms with Gasteiger partial charge in [-0.05, 0) is 37.5 Å². The maximum absolute atomic E-state index is 12.6. The second-order valence-corrected chi connectivity index (χ2v) is 8.61. The maximum atomic E-state index is 12.6. The summed E-state index contributed by atoms with van der Waals surface area (Å²) in [5.74, 6) is 1.57. The van der Waals surface area contributed by atoms with Crippen LogP contribution >= 0.6 is 11.8 Å². The monoisotopic (exact) mass is 447 g/mol. The van der Waals surface area contributed by atoms with Crippen LogP contribution in [0.3, 0.4) is 0 Å². The van der Waals surface area contributed by atoms with E-state index in [4.69, 9.17) is 14.2 Å². The van der Waals surface area contributed by atoms with Crippen LogP contribution in [0.4, 0.5) is 11.6 Å². The minimum Gasteiger partial charge on any atom is -0.495 e. The Morgan fingerprint density at radius 3 is 2.87 bits per heavy atom. The van der Waals surface area contributed by atoms with Gasteiger partial charge in [0.25, 0.3) is 0 Å². The highest BCUT2D eigenvalue weighted by atomic mass is 32.2. The maximum Gasteiger partial charge on any atom is 0.234 e. The van der Waals surface area contributed by atoms with Gasteiger partial charge in [0.05, 0.1) is 44.4 Å². The fourth-order valence-electron chi connectivity index (χ4n) is 3.77. The van der Waals surface area contributed by atoms with Gasteiger partial charge in [-0.15, -0.1) is 10.2 Å². The number of morpholine rings is 1. The van der Waals surface area contributed by atoms with E-state index in [0.29, 0.717) is 31.2 Å². The van der Waals surface area contributed by atoms with Crippen molar-refractivity contribution in [3.8, 4) is 5.75 Å². The van der Waals surface area contributed by atoms with E-state index in [1.165, 1.54) is 11.8 Å². The van der Waals surface area contributed by atoms with E-state index >= 15 is 0 Å². The summed E-state index contributed by atoms with van der Waals surface area (Å²) in [6, 6.07) is 5.70. The highest BCUT2D eigenvalue weighted by Crippen LogP contribution is 2.28. The Morgan fingerprint density at radius 2 is 2.13 bits per heavy atom. The zero-order valence-electron chi connectivity index (χ0n) is 18.0. The molecule has 168 valence electrons. The molecule has 10 heteroatoms. The van der Waals surface area contributed by atoms with E-state index in [2.05, 4.69) is 25.0 Å². The molecule has 2 aromatic rings. The molecule has 0 radical (unpaired) electrons. The molecule has 2 aliphatic heterocycles. The predicted octanol–water partition coefficient (Wildman–Crippen LogP) is 2.34. The number of anilines is 2. The molecule has 0 aliphatic carbocycles. The molecule has 1 unspecified atom stereocenters. The zero-order chi connectivity index (χ0) is 21.6. The number of hydrogen-bond acceptors (Lipinski definition) is 8. The van der Waals surface area contributed by atoms with Crippen LogP contribution < -0.4 is 15.0 Å². The van der Waals surface area contributed by atoms with Crippen LogP contribution in [0.15, 0.2) is 23.4 Å². The third-order valence-electron chi connectivity index (χ3n) is 5.36. The molecule has 2 saturated heterocycles. The number of hydrogen-bond donors (Lipinski definition) is 1. The molecule has 0 saturated carbocycles. The number of thioether (sulfide) groups is 1. The van der Waals surface area contributed by atoms with Gasteiger partial charge in [0.2, 0.25) is 11.9 Å². The number of carbonyl (C=O) groups excluding carboxylic acids is 1. The molecular weight excluding hydrogens is 418 g/mol. The van der Waals surface area contributed by atoms with Gasteiger partial charge in [-0.1, -0.05) is 17.8 Å². The Morgan fingerprint density at radius 1 is 1.29 bits per heavy atom. The van der Waals surface area contributed by atoms with Gasteiger partial charge in [-0.3, -0.25) is 9.36 Å². The van der Waals surface area contributed by atoms with Crippen LogP contribution in [0.5, 0.6) is 5.75 Å². The SMILES string of the molecule is COc1ccc(C)cc1NC(=O)CSc1nnc(N2CCOCC2)n1CC1CCCO1. The third-order valence-corrected chi connectivity index (χ3v) is 6.33. The quantitative estimate of drug-likeness (QED) is 0.617. The molecule has 0 bridgehead atoms. The van der Waals surface area contributed by atoms with Crippen molar-refractivity contribution in [2.24, 2.45) is 0 Å². The lowest BCUT2D eigenvalue weighted by atomic mass is 10.2. The molecule has 4 rings (SSSR count). The zero-order valence-corrected chi connectivity index (χ0v) is 18.8. The van der Waals surface area contributed by atoms with Crippen molar-refractivity contribution in [1.82, 2.24) is 14.8 Å². The molecule has 1 atom stereocenters. The number of rotatable bonds is 8. The highest BCUT2D eigenvalue weighted by molar-refractivity contribution is 7.99. The van der Waals surface area contributed by atoms with Gasteiger partial charge in [-0.25, -0.2) is 0 Å². The fraction of sp³-hybridized carbons (Fsp3) is 0.571. The topological polar surface area (TPSA) is 90.7 Å². The van der Waals surface area contributed by atoms with Gasteiger partial charge >= 0.3 is 0 Å². The number of amides is 1. The van der Waals surface area contributed by atoms with Crippen LogP contribution in [-0.2, 0) is 20.8 Å². The lowest BCUT2D eigenvalue weighted by Crippen LogP contribution is -2.38. The van der Waals surface area contributed by atoms with Gasteiger partial charge in [-0.2, -0.15) is 0 Å². The summed E-state index contributed by atoms with van der Waals surface area (Å²) in [7, 11) is 1.59. The van der Waals surface area contributed by atoms with Crippen molar-refractivity contribution in [2.45, 2.75) is 37.6 Å². The van der Waals surface area contributed by atoms with E-state index in [1.54, 1.807) is 7.11 Å². The van der Waals surface area contributed by atoms with Gasteiger partial charge in [0, 0.05) is 19.7 Å². The largest absolute Gasteiger partial charge is 0.495 e. The number of nitrogens with zero attached hydrogens (tertiary/aromatic N) is 4. The molecule has 1 aromatic heterocycles. The van der Waals surface area contributed by atoms with Gasteiger partial charge in [0.15, 0.2) is 5.16 Å². The summed E-state index contributed by atoms with van der Waals surface area (Å²) < 4.78 is 18.8. The Balaban J connectivity index is 1.45. The molecule has 9 nitrogen and oxygen atoms in total. The second kappa shape index (κ2) is 10.3. The van der Waals surface area contributed by atoms with Gasteiger partial charge < -0.3 is 24.4 Å². The van der Waals surface area contributed by atoms with E-state index in [1.807, 2.05) is 25.1 Å². The van der Waals surface area contributed by atoms with E-state index in [0.717, 1.165) is 49.2 Å². The smallest absolute Gasteiger partial charge is 0.234 e. The number of ether oxygens (including phenoxy) is 3. The van der Waals surface area contributed by atoms with Crippen LogP contribution in [0.25, 0.3) is 0 Å². The summed E-state index contributed by atoms with van der Waals surface area (Å²) in [6.07, 6.45) is 2.25.